The summed E-state index contributed by atoms with van der Waals surface area (Å²) in [6, 6.07) is 16.4. The van der Waals surface area contributed by atoms with Gasteiger partial charge in [-0.2, -0.15) is 26.3 Å². The topological polar surface area (TPSA) is 71.0 Å². The van der Waals surface area contributed by atoms with Crippen LogP contribution in [-0.2, 0) is 30.1 Å². The Morgan fingerprint density at radius 1 is 0.800 bits per heavy atom. The van der Waals surface area contributed by atoms with E-state index >= 15 is 0 Å². The van der Waals surface area contributed by atoms with E-state index in [-0.39, 0.29) is 37.0 Å². The number of carboxylic acid groups (broad SMARTS) is 1. The van der Waals surface area contributed by atoms with E-state index in [1.165, 1.54) is 12.1 Å². The number of piperidine rings is 1. The third-order valence-electron chi connectivity index (χ3n) is 7.79. The summed E-state index contributed by atoms with van der Waals surface area (Å²) in [4.78, 5) is 13.9. The molecule has 3 aromatic rings. The molecular weight excluding hydrogens is 649 g/mol. The van der Waals surface area contributed by atoms with Crippen LogP contribution in [0.4, 0.5) is 26.3 Å². The molecule has 2 fully saturated rings. The van der Waals surface area contributed by atoms with Crippen LogP contribution in [0.15, 0.2) is 72.8 Å². The van der Waals surface area contributed by atoms with Crippen LogP contribution < -0.4 is 14.8 Å². The molecule has 3 atom stereocenters. The number of aliphatic carboxylic acids is 1. The van der Waals surface area contributed by atoms with E-state index in [2.05, 4.69) is 10.2 Å². The second kappa shape index (κ2) is 14.9. The van der Waals surface area contributed by atoms with Crippen molar-refractivity contribution in [3.8, 4) is 11.5 Å². The first-order valence-electron chi connectivity index (χ1n) is 13.8. The molecule has 5 rings (SSSR count). The molecule has 3 aromatic carbocycles. The summed E-state index contributed by atoms with van der Waals surface area (Å²) in [7, 11) is 0. The van der Waals surface area contributed by atoms with Gasteiger partial charge in [0, 0.05) is 38.6 Å². The molecule has 1 aliphatic carbocycles. The number of rotatable bonds is 12. The lowest BCUT2D eigenvalue weighted by molar-refractivity contribution is -0.145. The summed E-state index contributed by atoms with van der Waals surface area (Å²) in [5.74, 6) is 0.430. The smallest absolute Gasteiger partial charge is 0.416 e. The molecule has 1 saturated heterocycles. The summed E-state index contributed by atoms with van der Waals surface area (Å²) in [5, 5.41) is 13.0. The van der Waals surface area contributed by atoms with Crippen molar-refractivity contribution in [1.82, 2.24) is 10.2 Å². The normalized spacial score (nSPS) is 19.9. The molecule has 2 unspecified atom stereocenters. The molecule has 246 valence electrons. The summed E-state index contributed by atoms with van der Waals surface area (Å²) in [6.07, 6.45) is -10.1. The highest BCUT2D eigenvalue weighted by Gasteiger charge is 2.55. The molecule has 2 aliphatic rings. The number of ether oxygens (including phenoxy) is 2. The molecule has 1 aliphatic heterocycles. The van der Waals surface area contributed by atoms with Gasteiger partial charge < -0.3 is 19.9 Å². The van der Waals surface area contributed by atoms with Gasteiger partial charge in [-0.15, -0.1) is 24.8 Å². The molecule has 2 N–H and O–H groups in total. The van der Waals surface area contributed by atoms with Crippen molar-refractivity contribution in [2.75, 3.05) is 26.2 Å². The number of benzene rings is 3. The van der Waals surface area contributed by atoms with Crippen molar-refractivity contribution in [2.24, 2.45) is 11.8 Å². The minimum Gasteiger partial charge on any atom is -0.492 e. The molecule has 1 heterocycles. The maximum absolute atomic E-state index is 12.8. The lowest BCUT2D eigenvalue weighted by Crippen LogP contribution is -2.33. The van der Waals surface area contributed by atoms with Crippen LogP contribution in [-0.4, -0.2) is 54.4 Å². The van der Waals surface area contributed by atoms with Crippen molar-refractivity contribution in [3.63, 3.8) is 0 Å². The van der Waals surface area contributed by atoms with Crippen LogP contribution >= 0.6 is 24.8 Å². The van der Waals surface area contributed by atoms with Crippen LogP contribution in [0, 0.1) is 11.8 Å². The zero-order valence-corrected chi connectivity index (χ0v) is 25.3. The molecule has 0 spiro atoms. The predicted octanol–water partition coefficient (Wildman–Crippen LogP) is 6.74. The summed E-state index contributed by atoms with van der Waals surface area (Å²) in [6.45, 7) is 3.49. The Bertz CT molecular complexity index is 1380. The molecule has 6 nitrogen and oxygen atoms in total. The SMILES string of the molecule is Cl.Cl.O=C(O)[C@H](Cc1ccc(OCCNC2C3CN(Cc4ccc(C(F)(F)F)cc4)CC32)cc1)Oc1ccc(C(F)(F)F)cc1. The molecule has 0 bridgehead atoms. The Morgan fingerprint density at radius 2 is 1.29 bits per heavy atom. The molecule has 1 saturated carbocycles. The van der Waals surface area contributed by atoms with E-state index in [1.54, 1.807) is 24.3 Å². The molecule has 0 radical (unpaired) electrons. The van der Waals surface area contributed by atoms with E-state index in [0.29, 0.717) is 48.9 Å². The van der Waals surface area contributed by atoms with Crippen molar-refractivity contribution >= 4 is 30.8 Å². The number of carbonyl (C=O) groups is 1. The van der Waals surface area contributed by atoms with E-state index in [1.807, 2.05) is 0 Å². The number of halogens is 8. The molecule has 0 aromatic heterocycles. The number of hydrogen-bond donors (Lipinski definition) is 2. The first kappa shape index (κ1) is 36.3. The maximum atomic E-state index is 12.8. The van der Waals surface area contributed by atoms with Crippen LogP contribution in [0.5, 0.6) is 11.5 Å². The number of hydrogen-bond acceptors (Lipinski definition) is 5. The summed E-state index contributed by atoms with van der Waals surface area (Å²) < 4.78 is 87.7. The second-order valence-corrected chi connectivity index (χ2v) is 10.9. The maximum Gasteiger partial charge on any atom is 0.416 e. The van der Waals surface area contributed by atoms with E-state index in [9.17, 15) is 36.2 Å². The summed E-state index contributed by atoms with van der Waals surface area (Å²) >= 11 is 0. The van der Waals surface area contributed by atoms with Gasteiger partial charge in [-0.3, -0.25) is 4.90 Å². The highest BCUT2D eigenvalue weighted by Crippen LogP contribution is 2.45. The minimum atomic E-state index is -4.49. The van der Waals surface area contributed by atoms with E-state index in [4.69, 9.17) is 9.47 Å². The fourth-order valence-corrected chi connectivity index (χ4v) is 5.50. The highest BCUT2D eigenvalue weighted by molar-refractivity contribution is 5.85. The Labute approximate surface area is 268 Å². The zero-order valence-electron chi connectivity index (χ0n) is 23.7. The van der Waals surface area contributed by atoms with Crippen molar-refractivity contribution in [2.45, 2.75) is 37.5 Å². The van der Waals surface area contributed by atoms with Crippen molar-refractivity contribution in [3.05, 3.63) is 95.1 Å². The Hall–Kier alpha value is -3.19. The Morgan fingerprint density at radius 3 is 1.80 bits per heavy atom. The monoisotopic (exact) mass is 680 g/mol. The Kier molecular flexibility index (Phi) is 12.0. The lowest BCUT2D eigenvalue weighted by Gasteiger charge is -2.20. The van der Waals surface area contributed by atoms with Crippen molar-refractivity contribution < 1.29 is 45.7 Å². The number of likely N-dealkylation sites (tertiary alicyclic amines) is 1. The van der Waals surface area contributed by atoms with E-state index < -0.39 is 35.6 Å². The highest BCUT2D eigenvalue weighted by atomic mass is 35.5. The quantitative estimate of drug-likeness (QED) is 0.163. The first-order valence-corrected chi connectivity index (χ1v) is 13.8. The number of nitrogens with one attached hydrogen (secondary N) is 1. The van der Waals surface area contributed by atoms with Gasteiger partial charge in [-0.1, -0.05) is 24.3 Å². The van der Waals surface area contributed by atoms with Gasteiger partial charge in [-0.05, 0) is 71.5 Å². The predicted molar refractivity (Wildman–Crippen MR) is 159 cm³/mol. The van der Waals surface area contributed by atoms with Crippen LogP contribution in [0.25, 0.3) is 0 Å². The van der Waals surface area contributed by atoms with Gasteiger partial charge in [-0.25, -0.2) is 4.79 Å². The minimum absolute atomic E-state index is 0. The standard InChI is InChI=1S/C31H30F6N2O4.2ClH/c32-30(33,34)21-5-1-20(2-6-21)16-39-17-25-26(18-39)28(25)38-13-14-42-23-9-3-19(4-10-23)15-27(29(40)41)43-24-11-7-22(8-12-24)31(35,36)37;;/h1-12,25-28,38H,13-18H2,(H,40,41);2*1H/t25?,26?,27-,28?;;/m0../s1. The van der Waals surface area contributed by atoms with Gasteiger partial charge in [0.25, 0.3) is 0 Å². The zero-order chi connectivity index (χ0) is 30.8. The van der Waals surface area contributed by atoms with Gasteiger partial charge in [0.15, 0.2) is 6.10 Å². The third-order valence-corrected chi connectivity index (χ3v) is 7.79. The van der Waals surface area contributed by atoms with Crippen LogP contribution in [0.3, 0.4) is 0 Å². The molecule has 45 heavy (non-hydrogen) atoms. The first-order chi connectivity index (χ1) is 20.4. The molecular formula is C31H32Cl2F6N2O4. The average molecular weight is 682 g/mol. The molecule has 14 heteroatoms. The van der Waals surface area contributed by atoms with Gasteiger partial charge in [0.1, 0.15) is 18.1 Å². The number of alkyl halides is 6. The third kappa shape index (κ3) is 9.65. The van der Waals surface area contributed by atoms with Crippen LogP contribution in [0.2, 0.25) is 0 Å². The fourth-order valence-electron chi connectivity index (χ4n) is 5.50. The number of nitrogens with zero attached hydrogens (tertiary/aromatic N) is 1. The largest absolute Gasteiger partial charge is 0.492 e. The second-order valence-electron chi connectivity index (χ2n) is 10.9. The Balaban J connectivity index is 0.00000276. The van der Waals surface area contributed by atoms with Crippen molar-refractivity contribution in [1.29, 1.82) is 0 Å². The van der Waals surface area contributed by atoms with Crippen LogP contribution in [0.1, 0.15) is 22.3 Å². The number of carboxylic acids is 1. The average Bonchev–Trinajstić information content (AvgIpc) is 3.40. The molecule has 0 amide bonds. The van der Waals surface area contributed by atoms with Gasteiger partial charge in [0.05, 0.1) is 11.1 Å². The van der Waals surface area contributed by atoms with Gasteiger partial charge in [0.2, 0.25) is 0 Å². The fraction of sp³-hybridized carbons (Fsp3) is 0.387. The lowest BCUT2D eigenvalue weighted by atomic mass is 10.1. The number of fused-ring (bicyclic) bond motifs is 1. The van der Waals surface area contributed by atoms with Gasteiger partial charge >= 0.3 is 18.3 Å². The van der Waals surface area contributed by atoms with E-state index in [0.717, 1.165) is 55.1 Å². The summed E-state index contributed by atoms with van der Waals surface area (Å²) in [5.41, 5.74) is 0.0398.